The van der Waals surface area contributed by atoms with Crippen LogP contribution in [0.5, 0.6) is 0 Å². The Bertz CT molecular complexity index is 215. The predicted molar refractivity (Wildman–Crippen MR) is 51.1 cm³/mol. The zero-order valence-electron chi connectivity index (χ0n) is 7.86. The lowest BCUT2D eigenvalue weighted by Gasteiger charge is -2.00. The van der Waals surface area contributed by atoms with Gasteiger partial charge in [-0.2, -0.15) is 0 Å². The van der Waals surface area contributed by atoms with Crippen molar-refractivity contribution in [3.05, 3.63) is 35.1 Å². The summed E-state index contributed by atoms with van der Waals surface area (Å²) >= 11 is 0. The van der Waals surface area contributed by atoms with Crippen molar-refractivity contribution in [3.8, 4) is 0 Å². The average Bonchev–Trinajstić information content (AvgIpc) is 1.87. The van der Waals surface area contributed by atoms with Gasteiger partial charge in [0.1, 0.15) is 0 Å². The van der Waals surface area contributed by atoms with Crippen LogP contribution in [0.2, 0.25) is 0 Å². The minimum atomic E-state index is 0.644. The predicted octanol–water partition coefficient (Wildman–Crippen LogP) is 2.76. The molecule has 0 amide bonds. The van der Waals surface area contributed by atoms with Crippen LogP contribution in [0.25, 0.3) is 0 Å². The maximum atomic E-state index is 5.50. The van der Waals surface area contributed by atoms with Crippen molar-refractivity contribution in [1.82, 2.24) is 0 Å². The average molecular weight is 151 g/mol. The van der Waals surface area contributed by atoms with Crippen molar-refractivity contribution in [2.75, 3.05) is 0 Å². The molecule has 0 heterocycles. The van der Waals surface area contributed by atoms with Crippen molar-refractivity contribution < 1.29 is 0 Å². The third-order valence-corrected chi connectivity index (χ3v) is 1.73. The fourth-order valence-corrected chi connectivity index (χ4v) is 0.562. The molecule has 0 aliphatic rings. The van der Waals surface area contributed by atoms with Crippen LogP contribution >= 0.6 is 0 Å². The number of rotatable bonds is 2. The summed E-state index contributed by atoms with van der Waals surface area (Å²) in [5.74, 6) is 0. The minimum absolute atomic E-state index is 0.644. The summed E-state index contributed by atoms with van der Waals surface area (Å²) in [6.45, 7) is 11.9. The van der Waals surface area contributed by atoms with Gasteiger partial charge in [-0.05, 0) is 33.3 Å². The molecule has 0 aromatic heterocycles. The Hall–Kier alpha value is -0.980. The van der Waals surface area contributed by atoms with Gasteiger partial charge in [0.2, 0.25) is 0 Å². The summed E-state index contributed by atoms with van der Waals surface area (Å²) in [5, 5.41) is 0. The van der Waals surface area contributed by atoms with Gasteiger partial charge in [0, 0.05) is 5.70 Å². The van der Waals surface area contributed by atoms with E-state index in [1.807, 2.05) is 6.92 Å². The maximum absolute atomic E-state index is 5.50. The molecule has 0 aliphatic carbocycles. The molecule has 0 radical (unpaired) electrons. The van der Waals surface area contributed by atoms with Gasteiger partial charge in [-0.25, -0.2) is 0 Å². The molecule has 0 rings (SSSR count). The molecule has 0 saturated heterocycles. The summed E-state index contributed by atoms with van der Waals surface area (Å²) in [4.78, 5) is 0. The highest BCUT2D eigenvalue weighted by molar-refractivity contribution is 5.33. The van der Waals surface area contributed by atoms with Crippen LogP contribution in [-0.2, 0) is 0 Å². The lowest BCUT2D eigenvalue weighted by atomic mass is 10.1. The van der Waals surface area contributed by atoms with E-state index in [2.05, 4.69) is 33.4 Å². The summed E-state index contributed by atoms with van der Waals surface area (Å²) in [5.41, 5.74) is 9.76. The van der Waals surface area contributed by atoms with Gasteiger partial charge >= 0.3 is 0 Å². The second kappa shape index (κ2) is 4.02. The number of allylic oxidation sites excluding steroid dienone is 4. The third-order valence-electron chi connectivity index (χ3n) is 1.73. The Kier molecular flexibility index (Phi) is 3.66. The minimum Gasteiger partial charge on any atom is -0.399 e. The van der Waals surface area contributed by atoms with Crippen molar-refractivity contribution in [2.24, 2.45) is 5.73 Å². The molecule has 62 valence electrons. The molecule has 0 aliphatic heterocycles. The van der Waals surface area contributed by atoms with E-state index in [-0.39, 0.29) is 0 Å². The Morgan fingerprint density at radius 1 is 1.18 bits per heavy atom. The number of hydrogen-bond donors (Lipinski definition) is 1. The Balaban J connectivity index is 4.58. The van der Waals surface area contributed by atoms with Crippen LogP contribution < -0.4 is 5.73 Å². The van der Waals surface area contributed by atoms with E-state index in [9.17, 15) is 0 Å². The fraction of sp³-hybridized carbons (Fsp3) is 0.400. The molecule has 0 aromatic rings. The van der Waals surface area contributed by atoms with E-state index in [1.165, 1.54) is 11.1 Å². The Morgan fingerprint density at radius 3 is 1.91 bits per heavy atom. The van der Waals surface area contributed by atoms with Gasteiger partial charge in [0.25, 0.3) is 0 Å². The zero-order chi connectivity index (χ0) is 9.02. The Labute approximate surface area is 69.3 Å². The van der Waals surface area contributed by atoms with E-state index >= 15 is 0 Å². The van der Waals surface area contributed by atoms with E-state index < -0.39 is 0 Å². The van der Waals surface area contributed by atoms with Crippen LogP contribution in [0.3, 0.4) is 0 Å². The van der Waals surface area contributed by atoms with Gasteiger partial charge in [0.15, 0.2) is 0 Å². The first-order chi connectivity index (χ1) is 4.95. The van der Waals surface area contributed by atoms with Gasteiger partial charge in [-0.1, -0.05) is 23.8 Å². The first kappa shape index (κ1) is 10.0. The molecule has 0 bridgehead atoms. The van der Waals surface area contributed by atoms with Crippen LogP contribution in [-0.4, -0.2) is 0 Å². The summed E-state index contributed by atoms with van der Waals surface area (Å²) in [7, 11) is 0. The topological polar surface area (TPSA) is 26.0 Å². The van der Waals surface area contributed by atoms with Gasteiger partial charge in [-0.15, -0.1) is 0 Å². The largest absolute Gasteiger partial charge is 0.399 e. The molecule has 0 saturated carbocycles. The van der Waals surface area contributed by atoms with Crippen molar-refractivity contribution in [3.63, 3.8) is 0 Å². The molecule has 2 N–H and O–H groups in total. The molecule has 0 aromatic carbocycles. The smallest absolute Gasteiger partial charge is 0.0270 e. The first-order valence-electron chi connectivity index (χ1n) is 3.72. The molecule has 0 spiro atoms. The van der Waals surface area contributed by atoms with Crippen molar-refractivity contribution in [1.29, 1.82) is 0 Å². The lowest BCUT2D eigenvalue weighted by Crippen LogP contribution is -1.95. The second-order valence-electron chi connectivity index (χ2n) is 3.04. The summed E-state index contributed by atoms with van der Waals surface area (Å²) in [6, 6.07) is 0. The summed E-state index contributed by atoms with van der Waals surface area (Å²) < 4.78 is 0. The first-order valence-corrected chi connectivity index (χ1v) is 3.72. The lowest BCUT2D eigenvalue weighted by molar-refractivity contribution is 1.24. The monoisotopic (exact) mass is 151 g/mol. The van der Waals surface area contributed by atoms with E-state index in [1.54, 1.807) is 0 Å². The van der Waals surface area contributed by atoms with Gasteiger partial charge in [-0.3, -0.25) is 0 Å². The van der Waals surface area contributed by atoms with Crippen molar-refractivity contribution in [2.45, 2.75) is 27.7 Å². The molecular weight excluding hydrogens is 134 g/mol. The van der Waals surface area contributed by atoms with Gasteiger partial charge < -0.3 is 5.73 Å². The molecule has 1 nitrogen and oxygen atoms in total. The van der Waals surface area contributed by atoms with E-state index in [0.29, 0.717) is 5.70 Å². The highest BCUT2D eigenvalue weighted by Crippen LogP contribution is 2.09. The van der Waals surface area contributed by atoms with Crippen LogP contribution in [0.4, 0.5) is 0 Å². The highest BCUT2D eigenvalue weighted by atomic mass is 14.6. The van der Waals surface area contributed by atoms with Crippen molar-refractivity contribution >= 4 is 0 Å². The molecule has 11 heavy (non-hydrogen) atoms. The normalized spacial score (nSPS) is 11.1. The third kappa shape index (κ3) is 3.66. The second-order valence-corrected chi connectivity index (χ2v) is 3.04. The van der Waals surface area contributed by atoms with Gasteiger partial charge in [0.05, 0.1) is 0 Å². The quantitative estimate of drug-likeness (QED) is 0.603. The number of nitrogens with two attached hydrogens (primary N) is 1. The maximum Gasteiger partial charge on any atom is 0.0270 e. The molecular formula is C10H17N. The standard InChI is InChI=1S/C10H17N/c1-7(2)8(3)6-9(4)10(5)11/h6H,5,11H2,1-4H3/b9-6+. The van der Waals surface area contributed by atoms with E-state index in [4.69, 9.17) is 5.73 Å². The Morgan fingerprint density at radius 2 is 1.64 bits per heavy atom. The van der Waals surface area contributed by atoms with Crippen LogP contribution in [0.1, 0.15) is 27.7 Å². The SMILES string of the molecule is C=C(N)/C(C)=C/C(C)=C(C)C. The van der Waals surface area contributed by atoms with Crippen LogP contribution in [0.15, 0.2) is 35.1 Å². The molecule has 0 fully saturated rings. The molecule has 0 atom stereocenters. The fourth-order valence-electron chi connectivity index (χ4n) is 0.562. The zero-order valence-corrected chi connectivity index (χ0v) is 7.86. The molecule has 0 unspecified atom stereocenters. The van der Waals surface area contributed by atoms with E-state index in [0.717, 1.165) is 5.57 Å². The van der Waals surface area contributed by atoms with Crippen LogP contribution in [0, 0.1) is 0 Å². The number of hydrogen-bond acceptors (Lipinski definition) is 1. The summed E-state index contributed by atoms with van der Waals surface area (Å²) in [6.07, 6.45) is 2.05. The molecule has 1 heteroatoms. The highest BCUT2D eigenvalue weighted by Gasteiger charge is 1.91.